The van der Waals surface area contributed by atoms with Gasteiger partial charge in [-0.1, -0.05) is 24.3 Å². The van der Waals surface area contributed by atoms with E-state index in [0.29, 0.717) is 18.8 Å². The predicted molar refractivity (Wildman–Crippen MR) is 222 cm³/mol. The van der Waals surface area contributed by atoms with Crippen LogP contribution in [-0.4, -0.2) is 75.8 Å². The van der Waals surface area contributed by atoms with Crippen molar-refractivity contribution in [2.45, 2.75) is 25.7 Å². The van der Waals surface area contributed by atoms with Gasteiger partial charge in [-0.2, -0.15) is 0 Å². The van der Waals surface area contributed by atoms with Crippen LogP contribution in [0.25, 0.3) is 44.8 Å². The Morgan fingerprint density at radius 2 is 0.912 bits per heavy atom. The lowest BCUT2D eigenvalue weighted by molar-refractivity contribution is 0.0599. The number of carboxylic acid groups (broad SMARTS) is 1. The van der Waals surface area contributed by atoms with Crippen molar-refractivity contribution in [2.24, 2.45) is 0 Å². The molecule has 0 saturated heterocycles. The first-order valence-corrected chi connectivity index (χ1v) is 18.6. The van der Waals surface area contributed by atoms with E-state index in [1.54, 1.807) is 52.7 Å². The van der Waals surface area contributed by atoms with Crippen LogP contribution in [0.5, 0.6) is 11.5 Å². The summed E-state index contributed by atoms with van der Waals surface area (Å²) in [6, 6.07) is 34.2. The highest BCUT2D eigenvalue weighted by Gasteiger charge is 2.14. The van der Waals surface area contributed by atoms with Gasteiger partial charge in [-0.3, -0.25) is 9.97 Å². The number of carboxylic acids is 1. The molecular formula is C47H48N2O8. The third-order valence-electron chi connectivity index (χ3n) is 9.30. The lowest BCUT2D eigenvalue weighted by atomic mass is 9.96. The maximum Gasteiger partial charge on any atom is 0.337 e. The van der Waals surface area contributed by atoms with Gasteiger partial charge in [0.05, 0.1) is 43.8 Å². The van der Waals surface area contributed by atoms with Crippen LogP contribution in [-0.2, 0) is 27.1 Å². The highest BCUT2D eigenvalue weighted by Crippen LogP contribution is 2.34. The van der Waals surface area contributed by atoms with E-state index in [9.17, 15) is 9.59 Å². The SMILES string of the molecule is COCCCc1cnc(-c2ccc(OC)cc2)c(-c2ccc(C(=O)O)cc2)c1.COCCCc1cnc(-c2ccc(OC)cc2)c(-c2ccc(C(=O)OC)cc2)c1. The Balaban J connectivity index is 0.000000218. The third kappa shape index (κ3) is 11.3. The van der Waals surface area contributed by atoms with E-state index in [2.05, 4.69) is 12.1 Å². The van der Waals surface area contributed by atoms with Crippen LogP contribution in [0.1, 0.15) is 44.7 Å². The molecule has 0 atom stereocenters. The zero-order valence-corrected chi connectivity index (χ0v) is 33.0. The molecule has 2 aromatic heterocycles. The number of aromatic nitrogens is 2. The number of ether oxygens (including phenoxy) is 5. The number of carbonyl (C=O) groups excluding carboxylic acids is 1. The Morgan fingerprint density at radius 3 is 1.26 bits per heavy atom. The Labute approximate surface area is 334 Å². The first-order chi connectivity index (χ1) is 27.8. The van der Waals surface area contributed by atoms with Crippen LogP contribution < -0.4 is 9.47 Å². The summed E-state index contributed by atoms with van der Waals surface area (Å²) in [6.45, 7) is 1.41. The summed E-state index contributed by atoms with van der Waals surface area (Å²) in [5.74, 6) is 0.299. The largest absolute Gasteiger partial charge is 0.497 e. The standard InChI is InChI=1S/C24H25NO4.C23H23NO4/c1-27-14-4-5-17-15-22(18-6-8-20(9-7-18)24(26)29-3)23(25-16-17)19-10-12-21(28-2)13-11-19;1-27-13-3-4-16-14-21(17-5-7-19(8-6-17)23(25)26)22(24-15-16)18-9-11-20(28-2)12-10-18/h6-13,15-16H,4-5,14H2,1-3H3;5-12,14-15H,3-4,13H2,1-2H3,(H,25,26). The van der Waals surface area contributed by atoms with E-state index >= 15 is 0 Å². The predicted octanol–water partition coefficient (Wildman–Crippen LogP) is 9.49. The van der Waals surface area contributed by atoms with E-state index in [4.69, 9.17) is 38.8 Å². The Hall–Kier alpha value is -6.36. The number of benzene rings is 4. The highest BCUT2D eigenvalue weighted by molar-refractivity contribution is 5.91. The van der Waals surface area contributed by atoms with Crippen molar-refractivity contribution in [3.05, 3.63) is 144 Å². The maximum atomic E-state index is 11.8. The average Bonchev–Trinajstić information content (AvgIpc) is 3.26. The molecule has 1 N–H and O–H groups in total. The third-order valence-corrected chi connectivity index (χ3v) is 9.30. The van der Waals surface area contributed by atoms with Gasteiger partial charge >= 0.3 is 11.9 Å². The number of hydrogen-bond acceptors (Lipinski definition) is 9. The second kappa shape index (κ2) is 21.1. The number of esters is 1. The number of pyridine rings is 2. The van der Waals surface area contributed by atoms with Crippen molar-refractivity contribution in [1.82, 2.24) is 9.97 Å². The second-order valence-corrected chi connectivity index (χ2v) is 13.1. The monoisotopic (exact) mass is 768 g/mol. The Kier molecular flexibility index (Phi) is 15.5. The molecule has 2 heterocycles. The van der Waals surface area contributed by atoms with Crippen LogP contribution in [0, 0.1) is 0 Å². The number of methoxy groups -OCH3 is 5. The molecular weight excluding hydrogens is 721 g/mol. The summed E-state index contributed by atoms with van der Waals surface area (Å²) < 4.78 is 25.6. The number of carbonyl (C=O) groups is 2. The minimum atomic E-state index is -0.937. The maximum absolute atomic E-state index is 11.8. The quantitative estimate of drug-likeness (QED) is 0.0752. The van der Waals surface area contributed by atoms with Gasteiger partial charge in [0, 0.05) is 62.1 Å². The number of nitrogens with zero attached hydrogens (tertiary/aromatic N) is 2. The van der Waals surface area contributed by atoms with Gasteiger partial charge in [-0.25, -0.2) is 9.59 Å². The van der Waals surface area contributed by atoms with E-state index in [0.717, 1.165) is 93.1 Å². The second-order valence-electron chi connectivity index (χ2n) is 13.1. The zero-order chi connectivity index (χ0) is 40.6. The van der Waals surface area contributed by atoms with Crippen LogP contribution in [0.15, 0.2) is 122 Å². The molecule has 0 spiro atoms. The number of hydrogen-bond donors (Lipinski definition) is 1. The molecule has 0 amide bonds. The first-order valence-electron chi connectivity index (χ1n) is 18.6. The fourth-order valence-electron chi connectivity index (χ4n) is 6.22. The molecule has 294 valence electrons. The minimum absolute atomic E-state index is 0.263. The molecule has 0 aliphatic rings. The van der Waals surface area contributed by atoms with Crippen molar-refractivity contribution in [2.75, 3.05) is 48.8 Å². The summed E-state index contributed by atoms with van der Waals surface area (Å²) >= 11 is 0. The first kappa shape index (κ1) is 41.8. The molecule has 0 fully saturated rings. The van der Waals surface area contributed by atoms with Crippen LogP contribution in [0.3, 0.4) is 0 Å². The smallest absolute Gasteiger partial charge is 0.337 e. The normalized spacial score (nSPS) is 10.6. The van der Waals surface area contributed by atoms with Gasteiger partial charge < -0.3 is 28.8 Å². The number of aromatic carboxylic acids is 1. The number of rotatable bonds is 16. The van der Waals surface area contributed by atoms with Gasteiger partial charge in [0.15, 0.2) is 0 Å². The lowest BCUT2D eigenvalue weighted by Gasteiger charge is -2.13. The molecule has 0 bridgehead atoms. The molecule has 0 aliphatic heterocycles. The Bertz CT molecular complexity index is 2200. The Morgan fingerprint density at radius 1 is 0.526 bits per heavy atom. The molecule has 0 unspecified atom stereocenters. The van der Waals surface area contributed by atoms with Gasteiger partial charge in [-0.15, -0.1) is 0 Å². The van der Waals surface area contributed by atoms with Crippen molar-refractivity contribution in [3.8, 4) is 56.3 Å². The zero-order valence-electron chi connectivity index (χ0n) is 33.0. The molecule has 0 radical (unpaired) electrons. The van der Waals surface area contributed by atoms with Crippen molar-refractivity contribution in [3.63, 3.8) is 0 Å². The van der Waals surface area contributed by atoms with E-state index in [-0.39, 0.29) is 11.5 Å². The van der Waals surface area contributed by atoms with Crippen molar-refractivity contribution in [1.29, 1.82) is 0 Å². The molecule has 10 heteroatoms. The minimum Gasteiger partial charge on any atom is -0.497 e. The number of aryl methyl sites for hydroxylation is 2. The van der Waals surface area contributed by atoms with Gasteiger partial charge in [-0.05, 0) is 133 Å². The topological polar surface area (TPSA) is 126 Å². The van der Waals surface area contributed by atoms with Crippen LogP contribution >= 0.6 is 0 Å². The summed E-state index contributed by atoms with van der Waals surface area (Å²) in [6.07, 6.45) is 7.41. The summed E-state index contributed by atoms with van der Waals surface area (Å²) in [5, 5.41) is 9.16. The molecule has 0 aliphatic carbocycles. The van der Waals surface area contributed by atoms with Gasteiger partial charge in [0.1, 0.15) is 11.5 Å². The fraction of sp³-hybridized carbons (Fsp3) is 0.234. The summed E-state index contributed by atoms with van der Waals surface area (Å²) in [5.41, 5.74) is 10.7. The summed E-state index contributed by atoms with van der Waals surface area (Å²) in [4.78, 5) is 32.4. The lowest BCUT2D eigenvalue weighted by Crippen LogP contribution is -2.01. The van der Waals surface area contributed by atoms with Crippen LogP contribution in [0.2, 0.25) is 0 Å². The van der Waals surface area contributed by atoms with E-state index < -0.39 is 5.97 Å². The van der Waals surface area contributed by atoms with Crippen molar-refractivity contribution >= 4 is 11.9 Å². The molecule has 4 aromatic carbocycles. The molecule has 57 heavy (non-hydrogen) atoms. The van der Waals surface area contributed by atoms with Crippen LogP contribution in [0.4, 0.5) is 0 Å². The molecule has 0 saturated carbocycles. The van der Waals surface area contributed by atoms with Gasteiger partial charge in [0.2, 0.25) is 0 Å². The molecule has 6 aromatic rings. The highest BCUT2D eigenvalue weighted by atomic mass is 16.5. The molecule has 6 rings (SSSR count). The van der Waals surface area contributed by atoms with E-state index in [1.807, 2.05) is 85.2 Å². The van der Waals surface area contributed by atoms with E-state index in [1.165, 1.54) is 7.11 Å². The summed E-state index contributed by atoms with van der Waals surface area (Å²) in [7, 11) is 8.07. The van der Waals surface area contributed by atoms with Gasteiger partial charge in [0.25, 0.3) is 0 Å². The van der Waals surface area contributed by atoms with Crippen molar-refractivity contribution < 1.29 is 38.4 Å². The molecule has 10 nitrogen and oxygen atoms in total. The fourth-order valence-corrected chi connectivity index (χ4v) is 6.22. The average molecular weight is 769 g/mol.